The van der Waals surface area contributed by atoms with Crippen molar-refractivity contribution in [3.05, 3.63) is 29.2 Å². The molecule has 0 saturated carbocycles. The first-order valence-electron chi connectivity index (χ1n) is 5.53. The number of aromatic nitrogens is 1. The number of hydrogen-bond acceptors (Lipinski definition) is 3. The molecule has 0 aliphatic heterocycles. The SMILES string of the molecule is CCOc1cc2c(N)c(C)c(C)nc2cc1F. The molecule has 1 aromatic carbocycles. The Morgan fingerprint density at radius 3 is 2.71 bits per heavy atom. The molecule has 2 aromatic rings. The van der Waals surface area contributed by atoms with Gasteiger partial charge in [-0.3, -0.25) is 4.98 Å². The van der Waals surface area contributed by atoms with Gasteiger partial charge in [-0.05, 0) is 32.4 Å². The fourth-order valence-corrected chi connectivity index (χ4v) is 1.78. The first-order valence-corrected chi connectivity index (χ1v) is 5.53. The molecule has 0 fully saturated rings. The van der Waals surface area contributed by atoms with E-state index in [1.165, 1.54) is 6.07 Å². The van der Waals surface area contributed by atoms with Gasteiger partial charge in [-0.1, -0.05) is 0 Å². The molecule has 1 aromatic heterocycles. The summed E-state index contributed by atoms with van der Waals surface area (Å²) in [4.78, 5) is 4.32. The molecule has 1 heterocycles. The van der Waals surface area contributed by atoms with Gasteiger partial charge in [0.25, 0.3) is 0 Å². The normalized spacial score (nSPS) is 10.8. The van der Waals surface area contributed by atoms with Crippen molar-refractivity contribution in [2.24, 2.45) is 0 Å². The first-order chi connectivity index (χ1) is 8.04. The smallest absolute Gasteiger partial charge is 0.167 e. The Hall–Kier alpha value is -1.84. The van der Waals surface area contributed by atoms with Crippen molar-refractivity contribution in [1.29, 1.82) is 0 Å². The molecule has 0 atom stereocenters. The van der Waals surface area contributed by atoms with Gasteiger partial charge in [0.05, 0.1) is 12.1 Å². The quantitative estimate of drug-likeness (QED) is 0.869. The fourth-order valence-electron chi connectivity index (χ4n) is 1.78. The highest BCUT2D eigenvalue weighted by Crippen LogP contribution is 2.30. The Balaban J connectivity index is 2.75. The minimum Gasteiger partial charge on any atom is -0.491 e. The maximum absolute atomic E-state index is 13.7. The third kappa shape index (κ3) is 1.90. The summed E-state index contributed by atoms with van der Waals surface area (Å²) in [6.07, 6.45) is 0. The standard InChI is InChI=1S/C13H15FN2O/c1-4-17-12-5-9-11(6-10(12)14)16-8(3)7(2)13(9)15/h5-6H,4H2,1-3H3,(H2,15,16). The lowest BCUT2D eigenvalue weighted by Crippen LogP contribution is -2.00. The molecule has 2 rings (SSSR count). The Bertz CT molecular complexity index is 581. The maximum Gasteiger partial charge on any atom is 0.167 e. The molecule has 3 nitrogen and oxygen atoms in total. The number of anilines is 1. The number of nitrogens with two attached hydrogens (primary N) is 1. The van der Waals surface area contributed by atoms with Crippen molar-refractivity contribution in [3.63, 3.8) is 0 Å². The zero-order valence-corrected chi connectivity index (χ0v) is 10.2. The number of nitrogen functional groups attached to an aromatic ring is 1. The average molecular weight is 234 g/mol. The number of nitrogens with zero attached hydrogens (tertiary/aromatic N) is 1. The number of benzene rings is 1. The van der Waals surface area contributed by atoms with Crippen LogP contribution in [0.5, 0.6) is 5.75 Å². The summed E-state index contributed by atoms with van der Waals surface area (Å²) in [6, 6.07) is 2.98. The second-order valence-electron chi connectivity index (χ2n) is 3.97. The van der Waals surface area contributed by atoms with Crippen LogP contribution in [0.15, 0.2) is 12.1 Å². The van der Waals surface area contributed by atoms with Crippen molar-refractivity contribution >= 4 is 16.6 Å². The molecule has 0 radical (unpaired) electrons. The van der Waals surface area contributed by atoms with E-state index < -0.39 is 5.82 Å². The van der Waals surface area contributed by atoms with Crippen LogP contribution in [0, 0.1) is 19.7 Å². The molecule has 0 bridgehead atoms. The second kappa shape index (κ2) is 4.20. The van der Waals surface area contributed by atoms with Gasteiger partial charge in [0.15, 0.2) is 11.6 Å². The minimum absolute atomic E-state index is 0.219. The van der Waals surface area contributed by atoms with Crippen LogP contribution in [0.25, 0.3) is 10.9 Å². The highest BCUT2D eigenvalue weighted by molar-refractivity contribution is 5.93. The Morgan fingerprint density at radius 2 is 2.06 bits per heavy atom. The van der Waals surface area contributed by atoms with Crippen molar-refractivity contribution in [3.8, 4) is 5.75 Å². The molecule has 4 heteroatoms. The van der Waals surface area contributed by atoms with Crippen molar-refractivity contribution < 1.29 is 9.13 Å². The van der Waals surface area contributed by atoms with Gasteiger partial charge in [-0.2, -0.15) is 0 Å². The van der Waals surface area contributed by atoms with Gasteiger partial charge >= 0.3 is 0 Å². The highest BCUT2D eigenvalue weighted by atomic mass is 19.1. The molecule has 0 aliphatic rings. The van der Waals surface area contributed by atoms with E-state index in [2.05, 4.69) is 4.98 Å². The van der Waals surface area contributed by atoms with E-state index in [0.29, 0.717) is 17.8 Å². The minimum atomic E-state index is -0.408. The fraction of sp³-hybridized carbons (Fsp3) is 0.308. The van der Waals surface area contributed by atoms with Crippen LogP contribution in [-0.2, 0) is 0 Å². The Kier molecular flexibility index (Phi) is 2.88. The number of halogens is 1. The van der Waals surface area contributed by atoms with E-state index in [1.807, 2.05) is 20.8 Å². The van der Waals surface area contributed by atoms with Gasteiger partial charge in [0.2, 0.25) is 0 Å². The van der Waals surface area contributed by atoms with Gasteiger partial charge in [0.1, 0.15) is 0 Å². The summed E-state index contributed by atoms with van der Waals surface area (Å²) in [5, 5.41) is 0.734. The molecule has 17 heavy (non-hydrogen) atoms. The third-order valence-corrected chi connectivity index (χ3v) is 2.88. The lowest BCUT2D eigenvalue weighted by atomic mass is 10.1. The molecule has 0 amide bonds. The van der Waals surface area contributed by atoms with E-state index in [1.54, 1.807) is 6.07 Å². The largest absolute Gasteiger partial charge is 0.491 e. The molecule has 0 aliphatic carbocycles. The van der Waals surface area contributed by atoms with Crippen LogP contribution in [0.1, 0.15) is 18.2 Å². The number of pyridine rings is 1. The molecule has 2 N–H and O–H groups in total. The zero-order chi connectivity index (χ0) is 12.6. The predicted octanol–water partition coefficient (Wildman–Crippen LogP) is 2.97. The lowest BCUT2D eigenvalue weighted by molar-refractivity contribution is 0.322. The van der Waals surface area contributed by atoms with E-state index in [0.717, 1.165) is 16.6 Å². The second-order valence-corrected chi connectivity index (χ2v) is 3.97. The van der Waals surface area contributed by atoms with Crippen molar-refractivity contribution in [1.82, 2.24) is 4.98 Å². The summed E-state index contributed by atoms with van der Waals surface area (Å²) in [6.45, 7) is 5.99. The Labute approximate surface area is 99.4 Å². The Morgan fingerprint density at radius 1 is 1.35 bits per heavy atom. The van der Waals surface area contributed by atoms with Crippen LogP contribution in [0.2, 0.25) is 0 Å². The third-order valence-electron chi connectivity index (χ3n) is 2.88. The van der Waals surface area contributed by atoms with Gasteiger partial charge in [-0.15, -0.1) is 0 Å². The molecular formula is C13H15FN2O. The van der Waals surface area contributed by atoms with E-state index in [-0.39, 0.29) is 5.75 Å². The highest BCUT2D eigenvalue weighted by Gasteiger charge is 2.11. The maximum atomic E-state index is 13.7. The predicted molar refractivity (Wildman–Crippen MR) is 66.8 cm³/mol. The molecule has 0 saturated heterocycles. The van der Waals surface area contributed by atoms with Crippen molar-refractivity contribution in [2.75, 3.05) is 12.3 Å². The first kappa shape index (κ1) is 11.6. The van der Waals surface area contributed by atoms with Crippen molar-refractivity contribution in [2.45, 2.75) is 20.8 Å². The topological polar surface area (TPSA) is 48.1 Å². The monoisotopic (exact) mass is 234 g/mol. The van der Waals surface area contributed by atoms with Crippen LogP contribution >= 0.6 is 0 Å². The van der Waals surface area contributed by atoms with Crippen LogP contribution in [0.4, 0.5) is 10.1 Å². The number of hydrogen-bond donors (Lipinski definition) is 1. The van der Waals surface area contributed by atoms with E-state index >= 15 is 0 Å². The molecule has 90 valence electrons. The van der Waals surface area contributed by atoms with Crippen LogP contribution < -0.4 is 10.5 Å². The van der Waals surface area contributed by atoms with Gasteiger partial charge in [0, 0.05) is 22.8 Å². The summed E-state index contributed by atoms with van der Waals surface area (Å²) in [7, 11) is 0. The summed E-state index contributed by atoms with van der Waals surface area (Å²) < 4.78 is 18.9. The van der Waals surface area contributed by atoms with Gasteiger partial charge < -0.3 is 10.5 Å². The molecule has 0 unspecified atom stereocenters. The van der Waals surface area contributed by atoms with E-state index in [9.17, 15) is 4.39 Å². The molecule has 0 spiro atoms. The average Bonchev–Trinajstić information content (AvgIpc) is 2.29. The summed E-state index contributed by atoms with van der Waals surface area (Å²) >= 11 is 0. The summed E-state index contributed by atoms with van der Waals surface area (Å²) in [5.41, 5.74) is 8.95. The number of ether oxygens (including phenoxy) is 1. The number of aryl methyl sites for hydroxylation is 1. The summed E-state index contributed by atoms with van der Waals surface area (Å²) in [5.74, 6) is -0.189. The van der Waals surface area contributed by atoms with Gasteiger partial charge in [-0.25, -0.2) is 4.39 Å². The zero-order valence-electron chi connectivity index (χ0n) is 10.2. The molecular weight excluding hydrogens is 219 g/mol. The lowest BCUT2D eigenvalue weighted by Gasteiger charge is -2.11. The number of rotatable bonds is 2. The van der Waals surface area contributed by atoms with Crippen LogP contribution in [0.3, 0.4) is 0 Å². The number of fused-ring (bicyclic) bond motifs is 1. The van der Waals surface area contributed by atoms with Crippen LogP contribution in [-0.4, -0.2) is 11.6 Å². The van der Waals surface area contributed by atoms with E-state index in [4.69, 9.17) is 10.5 Å².